The van der Waals surface area contributed by atoms with E-state index in [9.17, 15) is 9.90 Å². The van der Waals surface area contributed by atoms with E-state index in [1.807, 2.05) is 19.1 Å². The van der Waals surface area contributed by atoms with E-state index in [0.29, 0.717) is 6.42 Å². The highest BCUT2D eigenvalue weighted by Gasteiger charge is 2.43. The van der Waals surface area contributed by atoms with Crippen molar-refractivity contribution >= 4 is 5.97 Å². The van der Waals surface area contributed by atoms with Gasteiger partial charge in [0.1, 0.15) is 11.4 Å². The van der Waals surface area contributed by atoms with Gasteiger partial charge in [-0.1, -0.05) is 26.0 Å². The molecule has 1 aromatic rings. The highest BCUT2D eigenvalue weighted by atomic mass is 16.6. The molecule has 1 aliphatic heterocycles. The van der Waals surface area contributed by atoms with E-state index in [0.717, 1.165) is 31.5 Å². The summed E-state index contributed by atoms with van der Waals surface area (Å²) in [4.78, 5) is 14.3. The first-order valence-corrected chi connectivity index (χ1v) is 7.68. The van der Waals surface area contributed by atoms with Crippen LogP contribution in [0, 0.1) is 5.92 Å². The van der Waals surface area contributed by atoms with Gasteiger partial charge in [-0.05, 0) is 44.1 Å². The highest BCUT2D eigenvalue weighted by Crippen LogP contribution is 2.41. The van der Waals surface area contributed by atoms with Crippen molar-refractivity contribution in [1.29, 1.82) is 0 Å². The second kappa shape index (κ2) is 6.48. The van der Waals surface area contributed by atoms with Gasteiger partial charge in [0.05, 0.1) is 0 Å². The second-order valence-corrected chi connectivity index (χ2v) is 6.03. The lowest BCUT2D eigenvalue weighted by molar-refractivity contribution is -0.168. The normalized spacial score (nSPS) is 27.1. The summed E-state index contributed by atoms with van der Waals surface area (Å²) in [5, 5.41) is 9.51. The van der Waals surface area contributed by atoms with E-state index in [4.69, 9.17) is 4.74 Å². The van der Waals surface area contributed by atoms with E-state index in [-0.39, 0.29) is 17.6 Å². The maximum atomic E-state index is 12.0. The van der Waals surface area contributed by atoms with Gasteiger partial charge in [-0.3, -0.25) is 4.79 Å². The zero-order valence-electron chi connectivity index (χ0n) is 13.1. The number of ether oxygens (including phenoxy) is 1. The van der Waals surface area contributed by atoms with E-state index in [2.05, 4.69) is 18.9 Å². The van der Waals surface area contributed by atoms with Gasteiger partial charge in [0.2, 0.25) is 0 Å². The molecule has 0 amide bonds. The summed E-state index contributed by atoms with van der Waals surface area (Å²) in [6.45, 7) is 5.85. The molecule has 0 bridgehead atoms. The van der Waals surface area contributed by atoms with Crippen LogP contribution in [-0.2, 0) is 15.1 Å². The third kappa shape index (κ3) is 3.38. The fourth-order valence-corrected chi connectivity index (χ4v) is 3.22. The van der Waals surface area contributed by atoms with Gasteiger partial charge in [-0.15, -0.1) is 0 Å². The smallest absolute Gasteiger partial charge is 0.306 e. The van der Waals surface area contributed by atoms with Crippen LogP contribution < -0.4 is 0 Å². The number of rotatable bonds is 3. The number of nitrogens with zero attached hydrogens (tertiary/aromatic N) is 1. The average molecular weight is 291 g/mol. The van der Waals surface area contributed by atoms with Crippen LogP contribution in [0.2, 0.25) is 0 Å². The number of likely N-dealkylation sites (tertiary alicyclic amines) is 1. The van der Waals surface area contributed by atoms with Crippen molar-refractivity contribution in [2.45, 2.75) is 38.7 Å². The standard InChI is InChI=1S/C17H25NO3/c1-4-16(20)21-17(14-6-8-15(19)9-7-14)10-5-11-18(3)12-13(17)2/h6-9,13,19H,4-5,10-12H2,1-3H3. The Kier molecular flexibility index (Phi) is 4.88. The van der Waals surface area contributed by atoms with Crippen molar-refractivity contribution in [2.75, 3.05) is 20.1 Å². The average Bonchev–Trinajstić information content (AvgIpc) is 2.59. The molecule has 1 saturated heterocycles. The number of hydrogen-bond acceptors (Lipinski definition) is 4. The molecule has 0 aliphatic carbocycles. The highest BCUT2D eigenvalue weighted by molar-refractivity contribution is 5.69. The lowest BCUT2D eigenvalue weighted by Gasteiger charge is -2.38. The van der Waals surface area contributed by atoms with E-state index < -0.39 is 5.60 Å². The minimum Gasteiger partial charge on any atom is -0.508 e. The van der Waals surface area contributed by atoms with Crippen molar-refractivity contribution in [3.8, 4) is 5.75 Å². The summed E-state index contributed by atoms with van der Waals surface area (Å²) in [6, 6.07) is 7.08. The second-order valence-electron chi connectivity index (χ2n) is 6.03. The van der Waals surface area contributed by atoms with Crippen LogP contribution in [0.4, 0.5) is 0 Å². The Morgan fingerprint density at radius 2 is 2.10 bits per heavy atom. The van der Waals surface area contributed by atoms with Gasteiger partial charge in [0.15, 0.2) is 0 Å². The Morgan fingerprint density at radius 3 is 2.71 bits per heavy atom. The Morgan fingerprint density at radius 1 is 1.43 bits per heavy atom. The molecule has 116 valence electrons. The first-order valence-electron chi connectivity index (χ1n) is 7.68. The number of carbonyl (C=O) groups is 1. The monoisotopic (exact) mass is 291 g/mol. The lowest BCUT2D eigenvalue weighted by Crippen LogP contribution is -2.41. The molecule has 4 heteroatoms. The zero-order chi connectivity index (χ0) is 15.5. The minimum atomic E-state index is -0.592. The molecule has 1 aromatic carbocycles. The van der Waals surface area contributed by atoms with Crippen molar-refractivity contribution in [1.82, 2.24) is 4.90 Å². The van der Waals surface area contributed by atoms with Gasteiger partial charge in [-0.25, -0.2) is 0 Å². The largest absolute Gasteiger partial charge is 0.508 e. The summed E-state index contributed by atoms with van der Waals surface area (Å²) in [5.74, 6) is 0.263. The summed E-state index contributed by atoms with van der Waals surface area (Å²) in [5.41, 5.74) is 0.385. The maximum Gasteiger partial charge on any atom is 0.306 e. The van der Waals surface area contributed by atoms with Gasteiger partial charge in [0.25, 0.3) is 0 Å². The molecule has 0 spiro atoms. The number of esters is 1. The quantitative estimate of drug-likeness (QED) is 0.870. The number of phenols is 1. The van der Waals surface area contributed by atoms with Gasteiger partial charge in [0, 0.05) is 18.9 Å². The number of aromatic hydroxyl groups is 1. The van der Waals surface area contributed by atoms with Crippen LogP contribution in [0.15, 0.2) is 24.3 Å². The van der Waals surface area contributed by atoms with E-state index in [1.54, 1.807) is 12.1 Å². The molecular formula is C17H25NO3. The molecule has 2 atom stereocenters. The Hall–Kier alpha value is -1.55. The molecule has 0 aromatic heterocycles. The molecule has 4 nitrogen and oxygen atoms in total. The van der Waals surface area contributed by atoms with Crippen molar-refractivity contribution in [3.05, 3.63) is 29.8 Å². The zero-order valence-corrected chi connectivity index (χ0v) is 13.1. The molecule has 21 heavy (non-hydrogen) atoms. The first kappa shape index (κ1) is 15.8. The van der Waals surface area contributed by atoms with Crippen LogP contribution in [0.5, 0.6) is 5.75 Å². The summed E-state index contributed by atoms with van der Waals surface area (Å²) in [6.07, 6.45) is 2.18. The van der Waals surface area contributed by atoms with Crippen molar-refractivity contribution < 1.29 is 14.6 Å². The molecule has 0 saturated carbocycles. The lowest BCUT2D eigenvalue weighted by atomic mass is 9.79. The molecule has 1 heterocycles. The number of phenolic OH excluding ortho intramolecular Hbond substituents is 1. The number of carbonyl (C=O) groups excluding carboxylic acids is 1. The molecule has 2 rings (SSSR count). The molecular weight excluding hydrogens is 266 g/mol. The topological polar surface area (TPSA) is 49.8 Å². The van der Waals surface area contributed by atoms with E-state index in [1.165, 1.54) is 0 Å². The minimum absolute atomic E-state index is 0.167. The van der Waals surface area contributed by atoms with Crippen molar-refractivity contribution in [3.63, 3.8) is 0 Å². The van der Waals surface area contributed by atoms with Crippen LogP contribution >= 0.6 is 0 Å². The summed E-state index contributed by atoms with van der Waals surface area (Å²) in [7, 11) is 2.10. The summed E-state index contributed by atoms with van der Waals surface area (Å²) < 4.78 is 5.95. The molecule has 0 radical (unpaired) electrons. The number of hydrogen-bond donors (Lipinski definition) is 1. The molecule has 2 unspecified atom stereocenters. The van der Waals surface area contributed by atoms with Gasteiger partial charge >= 0.3 is 5.97 Å². The predicted molar refractivity (Wildman–Crippen MR) is 82.1 cm³/mol. The van der Waals surface area contributed by atoms with E-state index >= 15 is 0 Å². The fourth-order valence-electron chi connectivity index (χ4n) is 3.22. The van der Waals surface area contributed by atoms with Crippen LogP contribution in [0.3, 0.4) is 0 Å². The predicted octanol–water partition coefficient (Wildman–Crippen LogP) is 2.90. The van der Waals surface area contributed by atoms with Crippen LogP contribution in [0.25, 0.3) is 0 Å². The van der Waals surface area contributed by atoms with Crippen LogP contribution in [-0.4, -0.2) is 36.1 Å². The van der Waals surface area contributed by atoms with Gasteiger partial charge < -0.3 is 14.7 Å². The van der Waals surface area contributed by atoms with Crippen LogP contribution in [0.1, 0.15) is 38.7 Å². The maximum absolute atomic E-state index is 12.0. The SMILES string of the molecule is CCC(=O)OC1(c2ccc(O)cc2)CCCN(C)CC1C. The third-order valence-corrected chi connectivity index (χ3v) is 4.41. The first-order chi connectivity index (χ1) is 9.98. The summed E-state index contributed by atoms with van der Waals surface area (Å²) >= 11 is 0. The Labute approximate surface area is 126 Å². The molecule has 1 fully saturated rings. The Balaban J connectivity index is 2.42. The number of benzene rings is 1. The third-order valence-electron chi connectivity index (χ3n) is 4.41. The van der Waals surface area contributed by atoms with Crippen molar-refractivity contribution in [2.24, 2.45) is 5.92 Å². The Bertz CT molecular complexity index is 485. The van der Waals surface area contributed by atoms with Gasteiger partial charge in [-0.2, -0.15) is 0 Å². The molecule has 1 N–H and O–H groups in total. The molecule has 1 aliphatic rings. The fraction of sp³-hybridized carbons (Fsp3) is 0.588.